The van der Waals surface area contributed by atoms with Gasteiger partial charge < -0.3 is 16.0 Å². The van der Waals surface area contributed by atoms with Crippen molar-refractivity contribution in [3.8, 4) is 0 Å². The average molecular weight is 403 g/mol. The molecule has 0 heterocycles. The molecule has 2 rings (SSSR count). The van der Waals surface area contributed by atoms with Crippen molar-refractivity contribution in [3.63, 3.8) is 0 Å². The number of aryl methyl sites for hydroxylation is 1. The number of anilines is 1. The minimum atomic E-state index is -1.09. The van der Waals surface area contributed by atoms with Gasteiger partial charge in [0.25, 0.3) is 5.91 Å². The maximum Gasteiger partial charge on any atom is 0.252 e. The van der Waals surface area contributed by atoms with E-state index >= 15 is 0 Å². The van der Waals surface area contributed by atoms with Crippen LogP contribution in [0, 0.1) is 24.5 Å². The summed E-state index contributed by atoms with van der Waals surface area (Å²) in [5.41, 5.74) is 1.30. The molecule has 6 nitrogen and oxygen atoms in total. The van der Waals surface area contributed by atoms with Crippen molar-refractivity contribution in [2.24, 2.45) is 5.92 Å². The number of amides is 3. The molecule has 0 radical (unpaired) electrons. The number of carbonyl (C=O) groups excluding carboxylic acids is 3. The lowest BCUT2D eigenvalue weighted by Crippen LogP contribution is -2.51. The van der Waals surface area contributed by atoms with Crippen molar-refractivity contribution >= 4 is 23.4 Å². The molecule has 3 amide bonds. The van der Waals surface area contributed by atoms with Crippen molar-refractivity contribution in [1.29, 1.82) is 0 Å². The molecule has 0 saturated carbocycles. The highest BCUT2D eigenvalue weighted by Crippen LogP contribution is 2.13. The van der Waals surface area contributed by atoms with Crippen LogP contribution >= 0.6 is 0 Å². The normalized spacial score (nSPS) is 11.7. The molecule has 1 atom stereocenters. The van der Waals surface area contributed by atoms with Crippen molar-refractivity contribution in [2.45, 2.75) is 26.8 Å². The van der Waals surface area contributed by atoms with Crippen LogP contribution in [0.4, 0.5) is 14.5 Å². The van der Waals surface area contributed by atoms with Crippen LogP contribution in [-0.2, 0) is 9.59 Å². The topological polar surface area (TPSA) is 87.3 Å². The van der Waals surface area contributed by atoms with Gasteiger partial charge in [0.1, 0.15) is 6.04 Å². The Morgan fingerprint density at radius 3 is 2.31 bits per heavy atom. The third-order valence-corrected chi connectivity index (χ3v) is 4.25. The number of hydrogen-bond donors (Lipinski definition) is 3. The summed E-state index contributed by atoms with van der Waals surface area (Å²) in [6.45, 7) is 4.94. The van der Waals surface area contributed by atoms with Gasteiger partial charge in [-0.25, -0.2) is 8.78 Å². The summed E-state index contributed by atoms with van der Waals surface area (Å²) in [5, 5.41) is 7.49. The Labute approximate surface area is 167 Å². The lowest BCUT2D eigenvalue weighted by Gasteiger charge is -2.22. The van der Waals surface area contributed by atoms with E-state index in [9.17, 15) is 23.2 Å². The first-order chi connectivity index (χ1) is 13.7. The second-order valence-electron chi connectivity index (χ2n) is 6.90. The van der Waals surface area contributed by atoms with Gasteiger partial charge in [0.05, 0.1) is 6.54 Å². The molecule has 3 N–H and O–H groups in total. The molecule has 29 heavy (non-hydrogen) atoms. The first kappa shape index (κ1) is 22.0. The van der Waals surface area contributed by atoms with E-state index < -0.39 is 29.5 Å². The van der Waals surface area contributed by atoms with E-state index in [2.05, 4.69) is 16.0 Å². The minimum Gasteiger partial charge on any atom is -0.345 e. The number of hydrogen-bond acceptors (Lipinski definition) is 3. The Balaban J connectivity index is 1.95. The zero-order valence-corrected chi connectivity index (χ0v) is 16.4. The Morgan fingerprint density at radius 1 is 1.00 bits per heavy atom. The third kappa shape index (κ3) is 6.10. The fourth-order valence-electron chi connectivity index (χ4n) is 2.64. The summed E-state index contributed by atoms with van der Waals surface area (Å²) in [6.07, 6.45) is 0. The highest BCUT2D eigenvalue weighted by Gasteiger charge is 2.25. The van der Waals surface area contributed by atoms with Crippen LogP contribution in [-0.4, -0.2) is 30.3 Å². The summed E-state index contributed by atoms with van der Waals surface area (Å²) >= 11 is 0. The molecule has 1 unspecified atom stereocenters. The first-order valence-electron chi connectivity index (χ1n) is 9.08. The molecule has 0 aromatic heterocycles. The van der Waals surface area contributed by atoms with Gasteiger partial charge in [-0.2, -0.15) is 0 Å². The van der Waals surface area contributed by atoms with Crippen LogP contribution in [0.15, 0.2) is 42.5 Å². The number of halogens is 2. The quantitative estimate of drug-likeness (QED) is 0.664. The van der Waals surface area contributed by atoms with Gasteiger partial charge in [-0.15, -0.1) is 0 Å². The lowest BCUT2D eigenvalue weighted by molar-refractivity contribution is -0.126. The molecule has 0 bridgehead atoms. The van der Waals surface area contributed by atoms with Gasteiger partial charge in [0.2, 0.25) is 11.8 Å². The lowest BCUT2D eigenvalue weighted by atomic mass is 10.0. The number of carbonyl (C=O) groups is 3. The van der Waals surface area contributed by atoms with Crippen molar-refractivity contribution < 1.29 is 23.2 Å². The molecule has 0 spiro atoms. The largest absolute Gasteiger partial charge is 0.345 e. The summed E-state index contributed by atoms with van der Waals surface area (Å²) in [6, 6.07) is 9.08. The molecule has 154 valence electrons. The van der Waals surface area contributed by atoms with Crippen LogP contribution in [0.5, 0.6) is 0 Å². The number of nitrogens with one attached hydrogen (secondary N) is 3. The molecule has 2 aromatic rings. The summed E-state index contributed by atoms with van der Waals surface area (Å²) in [5.74, 6) is -3.87. The van der Waals surface area contributed by atoms with Crippen molar-refractivity contribution in [1.82, 2.24) is 10.6 Å². The maximum atomic E-state index is 13.2. The van der Waals surface area contributed by atoms with E-state index in [4.69, 9.17) is 0 Å². The number of benzene rings is 2. The Bertz CT molecular complexity index is 916. The molecule has 0 aliphatic carbocycles. The minimum absolute atomic E-state index is 0.0661. The molecule has 0 fully saturated rings. The Morgan fingerprint density at radius 2 is 1.69 bits per heavy atom. The second-order valence-corrected chi connectivity index (χ2v) is 6.90. The van der Waals surface area contributed by atoms with Crippen LogP contribution < -0.4 is 16.0 Å². The third-order valence-electron chi connectivity index (χ3n) is 4.25. The predicted molar refractivity (Wildman–Crippen MR) is 105 cm³/mol. The van der Waals surface area contributed by atoms with E-state index in [1.807, 2.05) is 6.07 Å². The molecule has 0 aliphatic heterocycles. The van der Waals surface area contributed by atoms with Gasteiger partial charge in [-0.3, -0.25) is 14.4 Å². The zero-order chi connectivity index (χ0) is 21.6. The van der Waals surface area contributed by atoms with Crippen LogP contribution in [0.2, 0.25) is 0 Å². The smallest absolute Gasteiger partial charge is 0.252 e. The monoisotopic (exact) mass is 403 g/mol. The molecule has 0 saturated heterocycles. The fourth-order valence-corrected chi connectivity index (χ4v) is 2.64. The van der Waals surface area contributed by atoms with Gasteiger partial charge >= 0.3 is 0 Å². The van der Waals surface area contributed by atoms with E-state index in [1.165, 1.54) is 6.07 Å². The summed E-state index contributed by atoms with van der Waals surface area (Å²) in [7, 11) is 0. The van der Waals surface area contributed by atoms with Gasteiger partial charge in [0, 0.05) is 17.3 Å². The molecule has 2 aromatic carbocycles. The van der Waals surface area contributed by atoms with Crippen molar-refractivity contribution in [2.75, 3.05) is 11.9 Å². The molecule has 8 heteroatoms. The van der Waals surface area contributed by atoms with Crippen LogP contribution in [0.25, 0.3) is 0 Å². The highest BCUT2D eigenvalue weighted by atomic mass is 19.2. The number of rotatable bonds is 7. The fraction of sp³-hybridized carbons (Fsp3) is 0.286. The van der Waals surface area contributed by atoms with Crippen molar-refractivity contribution in [3.05, 3.63) is 65.2 Å². The molecular formula is C21H23F2N3O3. The van der Waals surface area contributed by atoms with E-state index in [0.717, 1.165) is 17.7 Å². The first-order valence-corrected chi connectivity index (χ1v) is 9.08. The maximum absolute atomic E-state index is 13.2. The zero-order valence-electron chi connectivity index (χ0n) is 16.4. The SMILES string of the molecule is Cc1ccccc1C(=O)NC(C(=O)NCC(=O)Nc1ccc(F)c(F)c1)C(C)C. The van der Waals surface area contributed by atoms with Crippen LogP contribution in [0.1, 0.15) is 29.8 Å². The predicted octanol–water partition coefficient (Wildman–Crippen LogP) is 2.78. The van der Waals surface area contributed by atoms with E-state index in [0.29, 0.717) is 5.56 Å². The van der Waals surface area contributed by atoms with E-state index in [-0.39, 0.29) is 24.1 Å². The molecular weight excluding hydrogens is 380 g/mol. The van der Waals surface area contributed by atoms with Gasteiger partial charge in [-0.1, -0.05) is 32.0 Å². The van der Waals surface area contributed by atoms with Gasteiger partial charge in [0.15, 0.2) is 11.6 Å². The molecule has 0 aliphatic rings. The average Bonchev–Trinajstić information content (AvgIpc) is 2.67. The standard InChI is InChI=1S/C21H23F2N3O3/c1-12(2)19(26-20(28)15-7-5-4-6-13(15)3)21(29)24-11-18(27)25-14-8-9-16(22)17(23)10-14/h4-10,12,19H,11H2,1-3H3,(H,24,29)(H,25,27)(H,26,28). The van der Waals surface area contributed by atoms with Gasteiger partial charge in [-0.05, 0) is 36.6 Å². The van der Waals surface area contributed by atoms with Crippen LogP contribution in [0.3, 0.4) is 0 Å². The Kier molecular flexibility index (Phi) is 7.41. The Hall–Kier alpha value is -3.29. The summed E-state index contributed by atoms with van der Waals surface area (Å²) < 4.78 is 26.1. The second kappa shape index (κ2) is 9.77. The highest BCUT2D eigenvalue weighted by molar-refractivity contribution is 6.00. The van der Waals surface area contributed by atoms with E-state index in [1.54, 1.807) is 39.0 Å². The summed E-state index contributed by atoms with van der Waals surface area (Å²) in [4.78, 5) is 36.9.